The standard InChI is InChI=1S/C37H39N3/c1-8-25-9-11-26(12-10-25)27-13-15-28(16-14-27)33-38-34(29-17-21-31(22-18-29)36(2,3)4)40-35(39-33)30-19-23-32(24-20-30)37(5,6)7/h8-24,34H,1H2,2-7H3,(H,38,39,40). The van der Waals surface area contributed by atoms with E-state index in [2.05, 4.69) is 151 Å². The van der Waals surface area contributed by atoms with Gasteiger partial charge in [-0.2, -0.15) is 0 Å². The van der Waals surface area contributed by atoms with Gasteiger partial charge in [0.05, 0.1) is 0 Å². The number of rotatable bonds is 5. The largest absolute Gasteiger partial charge is 0.324 e. The van der Waals surface area contributed by atoms with E-state index in [1.165, 1.54) is 16.7 Å². The van der Waals surface area contributed by atoms with Crippen molar-refractivity contribution in [2.24, 2.45) is 9.98 Å². The molecule has 0 radical (unpaired) electrons. The van der Waals surface area contributed by atoms with Crippen LogP contribution in [0.3, 0.4) is 0 Å². The first-order chi connectivity index (χ1) is 19.0. The van der Waals surface area contributed by atoms with Crippen LogP contribution in [0.15, 0.2) is 114 Å². The lowest BCUT2D eigenvalue weighted by molar-refractivity contribution is 0.589. The fraction of sp³-hybridized carbons (Fsp3) is 0.243. The zero-order chi connectivity index (χ0) is 28.5. The van der Waals surface area contributed by atoms with Crippen LogP contribution in [-0.2, 0) is 10.8 Å². The molecule has 4 aromatic carbocycles. The molecule has 0 amide bonds. The molecule has 1 N–H and O–H groups in total. The highest BCUT2D eigenvalue weighted by molar-refractivity contribution is 6.16. The molecule has 1 unspecified atom stereocenters. The molecule has 3 heteroatoms. The lowest BCUT2D eigenvalue weighted by Crippen LogP contribution is -2.36. The van der Waals surface area contributed by atoms with Gasteiger partial charge in [-0.05, 0) is 44.2 Å². The quantitative estimate of drug-likeness (QED) is 0.277. The highest BCUT2D eigenvalue weighted by Crippen LogP contribution is 2.29. The molecule has 4 aromatic rings. The van der Waals surface area contributed by atoms with Crippen molar-refractivity contribution in [3.8, 4) is 11.1 Å². The molecule has 202 valence electrons. The van der Waals surface area contributed by atoms with Crippen LogP contribution >= 0.6 is 0 Å². The summed E-state index contributed by atoms with van der Waals surface area (Å²) in [5.41, 5.74) is 9.40. The van der Waals surface area contributed by atoms with Crippen LogP contribution in [0.2, 0.25) is 0 Å². The minimum absolute atomic E-state index is 0.0953. The minimum Gasteiger partial charge on any atom is -0.324 e. The summed E-state index contributed by atoms with van der Waals surface area (Å²) in [7, 11) is 0. The van der Waals surface area contributed by atoms with Gasteiger partial charge in [-0.25, -0.2) is 9.98 Å². The highest BCUT2D eigenvalue weighted by Gasteiger charge is 2.22. The van der Waals surface area contributed by atoms with Gasteiger partial charge in [0, 0.05) is 11.1 Å². The van der Waals surface area contributed by atoms with Crippen LogP contribution < -0.4 is 5.32 Å². The summed E-state index contributed by atoms with van der Waals surface area (Å²) in [6.07, 6.45) is 1.54. The molecule has 40 heavy (non-hydrogen) atoms. The minimum atomic E-state index is -0.325. The number of aliphatic imine (C=N–C) groups is 2. The molecule has 1 aliphatic rings. The van der Waals surface area contributed by atoms with Gasteiger partial charge in [-0.3, -0.25) is 0 Å². The Labute approximate surface area is 239 Å². The van der Waals surface area contributed by atoms with Gasteiger partial charge >= 0.3 is 0 Å². The van der Waals surface area contributed by atoms with Crippen LogP contribution in [0, 0.1) is 0 Å². The van der Waals surface area contributed by atoms with Crippen molar-refractivity contribution in [3.63, 3.8) is 0 Å². The predicted molar refractivity (Wildman–Crippen MR) is 171 cm³/mol. The monoisotopic (exact) mass is 525 g/mol. The molecule has 0 aromatic heterocycles. The maximum atomic E-state index is 5.08. The molecule has 0 saturated heterocycles. The van der Waals surface area contributed by atoms with Crippen molar-refractivity contribution < 1.29 is 0 Å². The molecule has 5 rings (SSSR count). The molecule has 0 saturated carbocycles. The van der Waals surface area contributed by atoms with Crippen LogP contribution in [0.4, 0.5) is 0 Å². The zero-order valence-electron chi connectivity index (χ0n) is 24.5. The topological polar surface area (TPSA) is 36.8 Å². The van der Waals surface area contributed by atoms with Gasteiger partial charge in [-0.1, -0.05) is 151 Å². The van der Waals surface area contributed by atoms with Gasteiger partial charge in [0.15, 0.2) is 6.17 Å². The van der Waals surface area contributed by atoms with Crippen molar-refractivity contribution >= 4 is 17.7 Å². The summed E-state index contributed by atoms with van der Waals surface area (Å²) >= 11 is 0. The Balaban J connectivity index is 1.50. The van der Waals surface area contributed by atoms with Crippen molar-refractivity contribution in [1.82, 2.24) is 5.32 Å². The number of hydrogen-bond acceptors (Lipinski definition) is 3. The van der Waals surface area contributed by atoms with Gasteiger partial charge in [0.1, 0.15) is 11.7 Å². The normalized spacial score (nSPS) is 15.6. The van der Waals surface area contributed by atoms with E-state index in [1.807, 2.05) is 6.08 Å². The average molecular weight is 526 g/mol. The summed E-state index contributed by atoms with van der Waals surface area (Å²) in [4.78, 5) is 10.2. The molecule has 0 bridgehead atoms. The maximum Gasteiger partial charge on any atom is 0.169 e. The van der Waals surface area contributed by atoms with E-state index in [0.717, 1.165) is 39.5 Å². The molecule has 1 aliphatic heterocycles. The molecule has 1 atom stereocenters. The van der Waals surface area contributed by atoms with Crippen LogP contribution in [0.5, 0.6) is 0 Å². The first kappa shape index (κ1) is 27.3. The van der Waals surface area contributed by atoms with E-state index in [-0.39, 0.29) is 17.0 Å². The maximum absolute atomic E-state index is 5.08. The Bertz CT molecular complexity index is 1540. The van der Waals surface area contributed by atoms with Crippen molar-refractivity contribution in [2.75, 3.05) is 0 Å². The lowest BCUT2D eigenvalue weighted by atomic mass is 9.86. The Morgan fingerprint density at radius 1 is 0.550 bits per heavy atom. The van der Waals surface area contributed by atoms with Crippen LogP contribution in [-0.4, -0.2) is 11.7 Å². The molecule has 0 aliphatic carbocycles. The second-order valence-corrected chi connectivity index (χ2v) is 12.6. The Morgan fingerprint density at radius 3 is 1.35 bits per heavy atom. The molecule has 0 fully saturated rings. The number of hydrogen-bond donors (Lipinski definition) is 1. The second kappa shape index (κ2) is 10.7. The summed E-state index contributed by atoms with van der Waals surface area (Å²) in [5, 5.41) is 3.54. The predicted octanol–water partition coefficient (Wildman–Crippen LogP) is 9.09. The van der Waals surface area contributed by atoms with Crippen molar-refractivity contribution in [2.45, 2.75) is 58.5 Å². The second-order valence-electron chi connectivity index (χ2n) is 12.6. The van der Waals surface area contributed by atoms with Crippen LogP contribution in [0.1, 0.15) is 81.1 Å². The molecular formula is C37H39N3. The number of nitrogens with one attached hydrogen (secondary N) is 1. The number of benzene rings is 4. The third-order valence-corrected chi connectivity index (χ3v) is 7.48. The Morgan fingerprint density at radius 2 is 0.925 bits per heavy atom. The van der Waals surface area contributed by atoms with E-state index in [4.69, 9.17) is 9.98 Å². The summed E-state index contributed by atoms with van der Waals surface area (Å²) in [5.74, 6) is 1.66. The fourth-order valence-electron chi connectivity index (χ4n) is 4.81. The average Bonchev–Trinajstić information content (AvgIpc) is 2.96. The lowest BCUT2D eigenvalue weighted by Gasteiger charge is -2.24. The fourth-order valence-corrected chi connectivity index (χ4v) is 4.81. The first-order valence-electron chi connectivity index (χ1n) is 14.0. The smallest absolute Gasteiger partial charge is 0.169 e. The number of amidine groups is 2. The van der Waals surface area contributed by atoms with E-state index >= 15 is 0 Å². The third kappa shape index (κ3) is 5.99. The van der Waals surface area contributed by atoms with E-state index in [9.17, 15) is 0 Å². The molecular weight excluding hydrogens is 486 g/mol. The van der Waals surface area contributed by atoms with E-state index in [1.54, 1.807) is 0 Å². The van der Waals surface area contributed by atoms with Gasteiger partial charge in [0.2, 0.25) is 0 Å². The Hall–Kier alpha value is -4.24. The SMILES string of the molecule is C=Cc1ccc(-c2ccc(C3=NC(c4ccc(C(C)(C)C)cc4)N=C(c4ccc(C(C)(C)C)cc4)N3)cc2)cc1. The third-order valence-electron chi connectivity index (χ3n) is 7.48. The number of nitrogens with zero attached hydrogens (tertiary/aromatic N) is 2. The summed E-state index contributed by atoms with van der Waals surface area (Å²) in [6, 6.07) is 34.5. The Kier molecular flexibility index (Phi) is 7.33. The summed E-state index contributed by atoms with van der Waals surface area (Å²) < 4.78 is 0. The zero-order valence-corrected chi connectivity index (χ0v) is 24.5. The molecule has 0 spiro atoms. The molecule has 1 heterocycles. The van der Waals surface area contributed by atoms with Crippen LogP contribution in [0.25, 0.3) is 17.2 Å². The van der Waals surface area contributed by atoms with Gasteiger partial charge in [-0.15, -0.1) is 0 Å². The molecule has 3 nitrogen and oxygen atoms in total. The first-order valence-corrected chi connectivity index (χ1v) is 14.0. The van der Waals surface area contributed by atoms with Crippen molar-refractivity contribution in [3.05, 3.63) is 137 Å². The van der Waals surface area contributed by atoms with Gasteiger partial charge < -0.3 is 5.32 Å². The van der Waals surface area contributed by atoms with Crippen molar-refractivity contribution in [1.29, 1.82) is 0 Å². The summed E-state index contributed by atoms with van der Waals surface area (Å²) in [6.45, 7) is 17.3. The van der Waals surface area contributed by atoms with E-state index < -0.39 is 0 Å². The highest BCUT2D eigenvalue weighted by atomic mass is 15.2. The van der Waals surface area contributed by atoms with E-state index in [0.29, 0.717) is 0 Å². The van der Waals surface area contributed by atoms with Gasteiger partial charge in [0.25, 0.3) is 0 Å².